The Labute approximate surface area is 205 Å². The van der Waals surface area contributed by atoms with Crippen molar-refractivity contribution in [2.45, 2.75) is 24.8 Å². The highest BCUT2D eigenvalue weighted by molar-refractivity contribution is 7.98. The van der Waals surface area contributed by atoms with Crippen LogP contribution in [0.2, 0.25) is 0 Å². The largest absolute Gasteiger partial charge is 0.463 e. The number of nitrogens with one attached hydrogen (secondary N) is 2. The van der Waals surface area contributed by atoms with Crippen molar-refractivity contribution in [3.8, 4) is 0 Å². The number of carbonyl (C=O) groups is 2. The smallest absolute Gasteiger partial charge is 0.338 e. The Morgan fingerprint density at radius 3 is 2.35 bits per heavy atom. The molecule has 2 aliphatic heterocycles. The van der Waals surface area contributed by atoms with Crippen LogP contribution in [-0.4, -0.2) is 62.5 Å². The first-order valence-corrected chi connectivity index (χ1v) is 12.9. The van der Waals surface area contributed by atoms with Crippen LogP contribution in [0.4, 0.5) is 10.5 Å². The van der Waals surface area contributed by atoms with Crippen molar-refractivity contribution in [1.82, 2.24) is 15.5 Å². The summed E-state index contributed by atoms with van der Waals surface area (Å²) in [6.07, 6.45) is 2.02. The number of ether oxygens (including phenoxy) is 1. The van der Waals surface area contributed by atoms with E-state index in [4.69, 9.17) is 4.74 Å². The molecule has 0 unspecified atom stereocenters. The molecule has 2 N–H and O–H groups in total. The van der Waals surface area contributed by atoms with Gasteiger partial charge in [-0.25, -0.2) is 9.59 Å². The second kappa shape index (κ2) is 11.0. The zero-order valence-corrected chi connectivity index (χ0v) is 20.8. The van der Waals surface area contributed by atoms with E-state index in [0.29, 0.717) is 17.8 Å². The van der Waals surface area contributed by atoms with Gasteiger partial charge in [0.05, 0.1) is 18.2 Å². The topological polar surface area (TPSA) is 73.9 Å². The van der Waals surface area contributed by atoms with E-state index < -0.39 is 12.0 Å². The Morgan fingerprint density at radius 1 is 1.06 bits per heavy atom. The molecule has 0 bridgehead atoms. The van der Waals surface area contributed by atoms with Crippen LogP contribution in [0.3, 0.4) is 0 Å². The van der Waals surface area contributed by atoms with Gasteiger partial charge in [0.2, 0.25) is 0 Å². The Hall–Kier alpha value is -2.97. The van der Waals surface area contributed by atoms with Crippen LogP contribution in [0.5, 0.6) is 0 Å². The van der Waals surface area contributed by atoms with E-state index in [2.05, 4.69) is 51.6 Å². The number of carbonyl (C=O) groups excluding carboxylic acids is 2. The number of benzene rings is 2. The fourth-order valence-corrected chi connectivity index (χ4v) is 4.79. The van der Waals surface area contributed by atoms with Crippen LogP contribution in [0.15, 0.2) is 64.7 Å². The van der Waals surface area contributed by atoms with Gasteiger partial charge in [0.25, 0.3) is 0 Å². The molecule has 1 atom stereocenters. The lowest BCUT2D eigenvalue weighted by atomic mass is 9.95. The van der Waals surface area contributed by atoms with E-state index in [-0.39, 0.29) is 12.6 Å². The minimum Gasteiger partial charge on any atom is -0.463 e. The summed E-state index contributed by atoms with van der Waals surface area (Å²) in [6, 6.07) is 15.6. The highest BCUT2D eigenvalue weighted by Crippen LogP contribution is 2.30. The van der Waals surface area contributed by atoms with Gasteiger partial charge in [-0.3, -0.25) is 4.90 Å². The third-order valence-corrected chi connectivity index (χ3v) is 6.99. The number of anilines is 1. The van der Waals surface area contributed by atoms with Crippen molar-refractivity contribution in [3.63, 3.8) is 0 Å². The molecular formula is C26H32N4O3S. The van der Waals surface area contributed by atoms with E-state index in [1.807, 2.05) is 30.5 Å². The predicted octanol–water partition coefficient (Wildman–Crippen LogP) is 3.71. The lowest BCUT2D eigenvalue weighted by Crippen LogP contribution is -2.51. The molecule has 0 aliphatic carbocycles. The molecule has 1 fully saturated rings. The van der Waals surface area contributed by atoms with Crippen LogP contribution in [0.1, 0.15) is 24.1 Å². The van der Waals surface area contributed by atoms with Crippen LogP contribution in [-0.2, 0) is 9.53 Å². The second-order valence-electron chi connectivity index (χ2n) is 8.52. The summed E-state index contributed by atoms with van der Waals surface area (Å²) in [7, 11) is 0. The predicted molar refractivity (Wildman–Crippen MR) is 136 cm³/mol. The highest BCUT2D eigenvalue weighted by Gasteiger charge is 2.34. The van der Waals surface area contributed by atoms with Crippen molar-refractivity contribution in [1.29, 1.82) is 0 Å². The molecule has 34 heavy (non-hydrogen) atoms. The van der Waals surface area contributed by atoms with Gasteiger partial charge in [-0.2, -0.15) is 0 Å². The van der Waals surface area contributed by atoms with Gasteiger partial charge in [0, 0.05) is 49.0 Å². The number of esters is 1. The van der Waals surface area contributed by atoms with Gasteiger partial charge >= 0.3 is 12.0 Å². The fourth-order valence-electron chi connectivity index (χ4n) is 4.38. The monoisotopic (exact) mass is 480 g/mol. The third-order valence-electron chi connectivity index (χ3n) is 6.25. The van der Waals surface area contributed by atoms with E-state index in [1.165, 1.54) is 11.3 Å². The average Bonchev–Trinajstić information content (AvgIpc) is 2.85. The summed E-state index contributed by atoms with van der Waals surface area (Å²) in [6.45, 7) is 8.09. The van der Waals surface area contributed by atoms with Crippen LogP contribution in [0, 0.1) is 6.92 Å². The number of hydrogen-bond acceptors (Lipinski definition) is 6. The lowest BCUT2D eigenvalue weighted by Gasteiger charge is -2.38. The molecule has 0 radical (unpaired) electrons. The Kier molecular flexibility index (Phi) is 7.80. The zero-order chi connectivity index (χ0) is 24.1. The van der Waals surface area contributed by atoms with E-state index in [9.17, 15) is 9.59 Å². The number of hydrogen-bond donors (Lipinski definition) is 2. The summed E-state index contributed by atoms with van der Waals surface area (Å²) in [5.74, 6) is -0.401. The SMILES string of the molecule is CCOC(=O)C1=C(CN2CCN(c3ccc(C)cc3)CC2)NC(=O)N[C@H]1c1ccc(SC)cc1. The first kappa shape index (κ1) is 24.2. The van der Waals surface area contributed by atoms with Crippen LogP contribution >= 0.6 is 11.8 Å². The molecule has 4 rings (SSSR count). The maximum atomic E-state index is 13.0. The van der Waals surface area contributed by atoms with Crippen molar-refractivity contribution >= 4 is 29.4 Å². The van der Waals surface area contributed by atoms with E-state index >= 15 is 0 Å². The maximum Gasteiger partial charge on any atom is 0.338 e. The van der Waals surface area contributed by atoms with Crippen molar-refractivity contribution in [2.75, 3.05) is 50.5 Å². The minimum absolute atomic E-state index is 0.275. The maximum absolute atomic E-state index is 13.0. The molecule has 7 nitrogen and oxygen atoms in total. The molecule has 2 aromatic carbocycles. The van der Waals surface area contributed by atoms with Crippen LogP contribution in [0.25, 0.3) is 0 Å². The summed E-state index contributed by atoms with van der Waals surface area (Å²) in [5, 5.41) is 5.81. The van der Waals surface area contributed by atoms with Gasteiger partial charge in [0.1, 0.15) is 0 Å². The highest BCUT2D eigenvalue weighted by atomic mass is 32.2. The first-order valence-electron chi connectivity index (χ1n) is 11.6. The van der Waals surface area contributed by atoms with Crippen LogP contribution < -0.4 is 15.5 Å². The Morgan fingerprint density at radius 2 is 1.74 bits per heavy atom. The summed E-state index contributed by atoms with van der Waals surface area (Å²) in [4.78, 5) is 31.4. The number of thioether (sulfide) groups is 1. The quantitative estimate of drug-likeness (QED) is 0.465. The van der Waals surface area contributed by atoms with Gasteiger partial charge < -0.3 is 20.3 Å². The first-order chi connectivity index (χ1) is 16.5. The van der Waals surface area contributed by atoms with Gasteiger partial charge in [-0.05, 0) is 49.9 Å². The molecule has 1 saturated heterocycles. The Bertz CT molecular complexity index is 1040. The Balaban J connectivity index is 1.54. The van der Waals surface area contributed by atoms with Gasteiger partial charge in [-0.15, -0.1) is 11.8 Å². The van der Waals surface area contributed by atoms with Crippen molar-refractivity contribution in [2.24, 2.45) is 0 Å². The molecular weight excluding hydrogens is 448 g/mol. The molecule has 2 aromatic rings. The summed E-state index contributed by atoms with van der Waals surface area (Å²) in [5.41, 5.74) is 4.42. The molecule has 2 heterocycles. The average molecular weight is 481 g/mol. The number of nitrogens with zero attached hydrogens (tertiary/aromatic N) is 2. The number of urea groups is 1. The summed E-state index contributed by atoms with van der Waals surface area (Å²) < 4.78 is 5.40. The number of amides is 2. The number of piperazine rings is 1. The van der Waals surface area contributed by atoms with Crippen molar-refractivity contribution in [3.05, 3.63) is 70.9 Å². The molecule has 2 aliphatic rings. The molecule has 0 aromatic heterocycles. The molecule has 0 spiro atoms. The zero-order valence-electron chi connectivity index (χ0n) is 20.0. The molecule has 8 heteroatoms. The van der Waals surface area contributed by atoms with Crippen molar-refractivity contribution < 1.29 is 14.3 Å². The van der Waals surface area contributed by atoms with E-state index in [0.717, 1.165) is 36.6 Å². The summed E-state index contributed by atoms with van der Waals surface area (Å²) >= 11 is 1.65. The normalized spacial score (nSPS) is 19.0. The molecule has 2 amide bonds. The second-order valence-corrected chi connectivity index (χ2v) is 9.40. The lowest BCUT2D eigenvalue weighted by molar-refractivity contribution is -0.139. The van der Waals surface area contributed by atoms with E-state index in [1.54, 1.807) is 18.7 Å². The third kappa shape index (κ3) is 5.56. The number of rotatable bonds is 7. The standard InChI is InChI=1S/C26H32N4O3S/c1-4-33-25(31)23-22(27-26(32)28-24(23)19-7-11-21(34-3)12-8-19)17-29-13-15-30(16-14-29)20-9-5-18(2)6-10-20/h5-12,24H,4,13-17H2,1-3H3,(H2,27,28,32)/t24-/m0/s1. The minimum atomic E-state index is -0.549. The number of aryl methyl sites for hydroxylation is 1. The van der Waals surface area contributed by atoms with Gasteiger partial charge in [0.15, 0.2) is 0 Å². The molecule has 0 saturated carbocycles. The molecule has 180 valence electrons. The fraction of sp³-hybridized carbons (Fsp3) is 0.385. The van der Waals surface area contributed by atoms with Gasteiger partial charge in [-0.1, -0.05) is 29.8 Å².